The number of hydrogen-bond acceptors (Lipinski definition) is 2. The smallest absolute Gasteiger partial charge is 0.204 e. The molecule has 1 atom stereocenters. The molecule has 1 aliphatic carbocycles. The van der Waals surface area contributed by atoms with Crippen molar-refractivity contribution in [3.05, 3.63) is 35.9 Å². The van der Waals surface area contributed by atoms with Crippen LogP contribution in [0.2, 0.25) is 0 Å². The quantitative estimate of drug-likeness (QED) is 0.830. The second-order valence-corrected chi connectivity index (χ2v) is 8.81. The van der Waals surface area contributed by atoms with Gasteiger partial charge in [-0.3, -0.25) is 0 Å². The minimum Gasteiger partial charge on any atom is -0.204 e. The molecular weight excluding hydrogens is 270 g/mol. The van der Waals surface area contributed by atoms with Crippen molar-refractivity contribution in [2.24, 2.45) is 4.40 Å². The number of sulfonamides is 1. The van der Waals surface area contributed by atoms with E-state index in [2.05, 4.69) is 16.5 Å². The van der Waals surface area contributed by atoms with Crippen LogP contribution in [0.25, 0.3) is 0 Å². The maximum atomic E-state index is 12.2. The van der Waals surface area contributed by atoms with E-state index in [-0.39, 0.29) is 0 Å². The van der Waals surface area contributed by atoms with Crippen LogP contribution in [0.4, 0.5) is 0 Å². The van der Waals surface area contributed by atoms with Crippen LogP contribution in [0, 0.1) is 0 Å². The summed E-state index contributed by atoms with van der Waals surface area (Å²) in [6.07, 6.45) is 3.69. The van der Waals surface area contributed by atoms with Gasteiger partial charge in [0, 0.05) is 5.71 Å². The van der Waals surface area contributed by atoms with Crippen molar-refractivity contribution in [1.29, 1.82) is 0 Å². The highest BCUT2D eigenvalue weighted by Crippen LogP contribution is 2.32. The molecule has 1 saturated carbocycles. The van der Waals surface area contributed by atoms with E-state index in [1.54, 1.807) is 20.8 Å². The second kappa shape index (κ2) is 5.68. The first-order valence-electron chi connectivity index (χ1n) is 7.17. The van der Waals surface area contributed by atoms with Crippen molar-refractivity contribution in [2.45, 2.75) is 57.1 Å². The molecule has 0 unspecified atom stereocenters. The van der Waals surface area contributed by atoms with Crippen molar-refractivity contribution in [3.63, 3.8) is 0 Å². The Morgan fingerprint density at radius 2 is 1.80 bits per heavy atom. The molecule has 2 rings (SSSR count). The largest absolute Gasteiger partial charge is 0.257 e. The highest BCUT2D eigenvalue weighted by Gasteiger charge is 2.30. The highest BCUT2D eigenvalue weighted by atomic mass is 32.2. The summed E-state index contributed by atoms with van der Waals surface area (Å²) in [5.41, 5.74) is 2.12. The van der Waals surface area contributed by atoms with Gasteiger partial charge < -0.3 is 0 Å². The zero-order valence-corrected chi connectivity index (χ0v) is 13.3. The molecule has 3 nitrogen and oxygen atoms in total. The van der Waals surface area contributed by atoms with E-state index in [1.807, 2.05) is 18.2 Å². The predicted octanol–water partition coefficient (Wildman–Crippen LogP) is 3.91. The number of rotatable bonds is 2. The average Bonchev–Trinajstić information content (AvgIpc) is 2.38. The van der Waals surface area contributed by atoms with Gasteiger partial charge in [0.05, 0.1) is 4.75 Å². The zero-order valence-electron chi connectivity index (χ0n) is 12.5. The molecule has 1 aromatic rings. The van der Waals surface area contributed by atoms with Gasteiger partial charge in [0.1, 0.15) is 0 Å². The Hall–Kier alpha value is -1.16. The summed E-state index contributed by atoms with van der Waals surface area (Å²) in [4.78, 5) is 0. The van der Waals surface area contributed by atoms with Gasteiger partial charge in [0.2, 0.25) is 0 Å². The van der Waals surface area contributed by atoms with Gasteiger partial charge in [-0.2, -0.15) is 4.40 Å². The lowest BCUT2D eigenvalue weighted by Gasteiger charge is -2.24. The molecule has 0 spiro atoms. The van der Waals surface area contributed by atoms with E-state index >= 15 is 0 Å². The summed E-state index contributed by atoms with van der Waals surface area (Å²) < 4.78 is 27.6. The van der Waals surface area contributed by atoms with Gasteiger partial charge in [-0.1, -0.05) is 30.3 Å². The normalized spacial score (nSPS) is 22.9. The third-order valence-corrected chi connectivity index (χ3v) is 5.84. The van der Waals surface area contributed by atoms with Crippen molar-refractivity contribution in [1.82, 2.24) is 0 Å². The van der Waals surface area contributed by atoms with Crippen molar-refractivity contribution >= 4 is 15.7 Å². The molecule has 0 aliphatic heterocycles. The van der Waals surface area contributed by atoms with E-state index in [1.165, 1.54) is 5.56 Å². The first kappa shape index (κ1) is 15.2. The Bertz CT molecular complexity index is 583. The van der Waals surface area contributed by atoms with E-state index in [0.29, 0.717) is 5.92 Å². The number of benzene rings is 1. The van der Waals surface area contributed by atoms with E-state index < -0.39 is 14.8 Å². The second-order valence-electron chi connectivity index (χ2n) is 6.45. The molecule has 20 heavy (non-hydrogen) atoms. The number of hydrogen-bond donors (Lipinski definition) is 0. The van der Waals surface area contributed by atoms with Crippen molar-refractivity contribution in [3.8, 4) is 0 Å². The Morgan fingerprint density at radius 3 is 2.40 bits per heavy atom. The van der Waals surface area contributed by atoms with Gasteiger partial charge in [0.25, 0.3) is 10.0 Å². The molecule has 0 amide bonds. The standard InChI is InChI=1S/C16H23NO2S/c1-16(2,3)20(18,19)17-15-11-7-10-14(12-15)13-8-5-4-6-9-13/h4-6,8-9,14H,7,10-12H2,1-3H3/b17-15-/t14-/m0/s1. The lowest BCUT2D eigenvalue weighted by molar-refractivity contribution is 0.557. The molecule has 0 saturated heterocycles. The Labute approximate surface area is 122 Å². The Balaban J connectivity index is 2.20. The SMILES string of the molecule is CC(C)(C)S(=O)(=O)/N=C1/CCC[C@H](c2ccccc2)C1. The topological polar surface area (TPSA) is 46.5 Å². The molecule has 1 aliphatic rings. The summed E-state index contributed by atoms with van der Waals surface area (Å²) >= 11 is 0. The van der Waals surface area contributed by atoms with Gasteiger partial charge >= 0.3 is 0 Å². The fourth-order valence-electron chi connectivity index (χ4n) is 2.44. The van der Waals surface area contributed by atoms with Crippen LogP contribution in [0.5, 0.6) is 0 Å². The fourth-order valence-corrected chi connectivity index (χ4v) is 3.22. The highest BCUT2D eigenvalue weighted by molar-refractivity contribution is 7.91. The van der Waals surface area contributed by atoms with E-state index in [0.717, 1.165) is 31.4 Å². The molecule has 0 N–H and O–H groups in total. The van der Waals surface area contributed by atoms with Gasteiger partial charge in [-0.25, -0.2) is 8.42 Å². The third-order valence-electron chi connectivity index (χ3n) is 3.79. The maximum absolute atomic E-state index is 12.2. The molecule has 4 heteroatoms. The van der Waals surface area contributed by atoms with Crippen LogP contribution < -0.4 is 0 Å². The lowest BCUT2D eigenvalue weighted by atomic mass is 9.83. The summed E-state index contributed by atoms with van der Waals surface area (Å²) in [6.45, 7) is 5.09. The van der Waals surface area contributed by atoms with Crippen LogP contribution in [-0.4, -0.2) is 18.9 Å². The van der Waals surface area contributed by atoms with Crippen molar-refractivity contribution in [2.75, 3.05) is 0 Å². The van der Waals surface area contributed by atoms with E-state index in [9.17, 15) is 8.42 Å². The van der Waals surface area contributed by atoms with E-state index in [4.69, 9.17) is 0 Å². The van der Waals surface area contributed by atoms with Crippen LogP contribution in [0.15, 0.2) is 34.7 Å². The molecule has 0 bridgehead atoms. The van der Waals surface area contributed by atoms with Gasteiger partial charge in [-0.15, -0.1) is 0 Å². The third kappa shape index (κ3) is 3.48. The minimum absolute atomic E-state index is 0.402. The summed E-state index contributed by atoms with van der Waals surface area (Å²) in [7, 11) is -3.42. The van der Waals surface area contributed by atoms with Crippen LogP contribution >= 0.6 is 0 Å². The van der Waals surface area contributed by atoms with Gasteiger partial charge in [-0.05, 0) is 57.9 Å². The Morgan fingerprint density at radius 1 is 1.15 bits per heavy atom. The Kier molecular flexibility index (Phi) is 4.33. The summed E-state index contributed by atoms with van der Waals surface area (Å²) in [5, 5.41) is 0. The fraction of sp³-hybridized carbons (Fsp3) is 0.562. The van der Waals surface area contributed by atoms with Crippen molar-refractivity contribution < 1.29 is 8.42 Å². The van der Waals surface area contributed by atoms with Crippen LogP contribution in [0.1, 0.15) is 57.9 Å². The number of nitrogens with zero attached hydrogens (tertiary/aromatic N) is 1. The van der Waals surface area contributed by atoms with Crippen LogP contribution in [-0.2, 0) is 10.0 Å². The predicted molar refractivity (Wildman–Crippen MR) is 83.8 cm³/mol. The molecule has 0 heterocycles. The van der Waals surface area contributed by atoms with Gasteiger partial charge in [0.15, 0.2) is 0 Å². The first-order chi connectivity index (χ1) is 9.29. The molecule has 1 fully saturated rings. The van der Waals surface area contributed by atoms with Crippen LogP contribution in [0.3, 0.4) is 0 Å². The first-order valence-corrected chi connectivity index (χ1v) is 8.61. The summed E-state index contributed by atoms with van der Waals surface area (Å²) in [6, 6.07) is 10.3. The lowest BCUT2D eigenvalue weighted by Crippen LogP contribution is -2.27. The molecule has 0 aromatic heterocycles. The zero-order chi connectivity index (χ0) is 14.8. The molecule has 1 aromatic carbocycles. The average molecular weight is 293 g/mol. The monoisotopic (exact) mass is 293 g/mol. The molecule has 110 valence electrons. The molecular formula is C16H23NO2S. The molecule has 0 radical (unpaired) electrons. The summed E-state index contributed by atoms with van der Waals surface area (Å²) in [5.74, 6) is 0.402. The maximum Gasteiger partial charge on any atom is 0.257 e. The minimum atomic E-state index is -3.42.